The molecular weight excluding hydrogens is 236 g/mol. The van der Waals surface area contributed by atoms with Gasteiger partial charge in [-0.05, 0) is 31.7 Å². The third kappa shape index (κ3) is 8.57. The first-order valence-corrected chi connectivity index (χ1v) is 8.26. The van der Waals surface area contributed by atoms with Gasteiger partial charge < -0.3 is 4.90 Å². The second-order valence-corrected chi connectivity index (χ2v) is 6.81. The molecule has 0 aliphatic carbocycles. The summed E-state index contributed by atoms with van der Waals surface area (Å²) in [6.45, 7) is 10.6. The first kappa shape index (κ1) is 16.9. The molecule has 0 bridgehead atoms. The van der Waals surface area contributed by atoms with Gasteiger partial charge in [-0.25, -0.2) is 13.6 Å². The Morgan fingerprint density at radius 3 is 2.06 bits per heavy atom. The van der Waals surface area contributed by atoms with Crippen molar-refractivity contribution >= 4 is 10.0 Å². The summed E-state index contributed by atoms with van der Waals surface area (Å²) >= 11 is 0. The Morgan fingerprint density at radius 1 is 1.18 bits per heavy atom. The van der Waals surface area contributed by atoms with Gasteiger partial charge in [0.15, 0.2) is 0 Å². The molecule has 0 aliphatic rings. The molecule has 0 aromatic rings. The Bertz CT molecular complexity index is 285. The topological polar surface area (TPSA) is 63.4 Å². The normalized spacial score (nSPS) is 12.9. The van der Waals surface area contributed by atoms with Gasteiger partial charge in [0.2, 0.25) is 10.0 Å². The molecule has 0 rings (SSSR count). The standard InChI is InChI=1S/C12H28N2O2S/c1-5-12(6-2)14(10-11(3)4)8-7-9-17(13,15)16/h11-12H,5-10H2,1-4H3,(H2,13,15,16). The number of nitrogens with two attached hydrogens (primary N) is 1. The van der Waals surface area contributed by atoms with Crippen molar-refractivity contribution in [2.45, 2.75) is 53.0 Å². The van der Waals surface area contributed by atoms with Crippen molar-refractivity contribution in [2.24, 2.45) is 11.1 Å². The van der Waals surface area contributed by atoms with Gasteiger partial charge in [-0.15, -0.1) is 0 Å². The summed E-state index contributed by atoms with van der Waals surface area (Å²) in [5.74, 6) is 0.687. The highest BCUT2D eigenvalue weighted by Crippen LogP contribution is 2.12. The van der Waals surface area contributed by atoms with E-state index in [0.29, 0.717) is 18.4 Å². The molecule has 0 amide bonds. The Labute approximate surface area is 107 Å². The molecule has 2 N–H and O–H groups in total. The average molecular weight is 264 g/mol. The summed E-state index contributed by atoms with van der Waals surface area (Å²) in [6.07, 6.45) is 2.85. The zero-order valence-corrected chi connectivity index (χ0v) is 12.5. The molecule has 0 fully saturated rings. The van der Waals surface area contributed by atoms with Crippen LogP contribution in [0.1, 0.15) is 47.0 Å². The summed E-state index contributed by atoms with van der Waals surface area (Å²) in [6, 6.07) is 0.554. The van der Waals surface area contributed by atoms with E-state index in [1.54, 1.807) is 0 Å². The van der Waals surface area contributed by atoms with E-state index < -0.39 is 10.0 Å². The van der Waals surface area contributed by atoms with Crippen molar-refractivity contribution in [3.8, 4) is 0 Å². The van der Waals surface area contributed by atoms with Crippen molar-refractivity contribution in [3.05, 3.63) is 0 Å². The lowest BCUT2D eigenvalue weighted by Crippen LogP contribution is -2.38. The van der Waals surface area contributed by atoms with Gasteiger partial charge >= 0.3 is 0 Å². The number of sulfonamides is 1. The molecule has 0 spiro atoms. The summed E-state index contributed by atoms with van der Waals surface area (Å²) < 4.78 is 21.8. The Hall–Kier alpha value is -0.130. The van der Waals surface area contributed by atoms with Gasteiger partial charge in [-0.3, -0.25) is 0 Å². The van der Waals surface area contributed by atoms with E-state index in [9.17, 15) is 8.42 Å². The van der Waals surface area contributed by atoms with Crippen molar-refractivity contribution in [3.63, 3.8) is 0 Å². The quantitative estimate of drug-likeness (QED) is 0.691. The molecule has 0 saturated heterocycles. The minimum atomic E-state index is -3.31. The van der Waals surface area contributed by atoms with E-state index in [2.05, 4.69) is 32.6 Å². The molecule has 17 heavy (non-hydrogen) atoms. The summed E-state index contributed by atoms with van der Waals surface area (Å²) in [5.41, 5.74) is 0. The minimum Gasteiger partial charge on any atom is -0.300 e. The van der Waals surface area contributed by atoms with Gasteiger partial charge in [0, 0.05) is 12.6 Å². The molecule has 0 radical (unpaired) electrons. The molecular formula is C12H28N2O2S. The molecule has 4 nitrogen and oxygen atoms in total. The van der Waals surface area contributed by atoms with Crippen molar-refractivity contribution in [1.82, 2.24) is 4.90 Å². The van der Waals surface area contributed by atoms with Gasteiger partial charge in [0.1, 0.15) is 0 Å². The van der Waals surface area contributed by atoms with Crippen LogP contribution in [0, 0.1) is 5.92 Å². The molecule has 0 aromatic carbocycles. The van der Waals surface area contributed by atoms with Gasteiger partial charge in [0.05, 0.1) is 5.75 Å². The number of nitrogens with zero attached hydrogens (tertiary/aromatic N) is 1. The van der Waals surface area contributed by atoms with E-state index in [-0.39, 0.29) is 5.75 Å². The van der Waals surface area contributed by atoms with Gasteiger partial charge in [-0.2, -0.15) is 0 Å². The molecule has 0 aliphatic heterocycles. The fourth-order valence-corrected chi connectivity index (χ4v) is 2.70. The maximum absolute atomic E-state index is 10.9. The van der Waals surface area contributed by atoms with E-state index in [4.69, 9.17) is 5.14 Å². The van der Waals surface area contributed by atoms with Crippen LogP contribution >= 0.6 is 0 Å². The maximum Gasteiger partial charge on any atom is 0.209 e. The van der Waals surface area contributed by atoms with Crippen LogP contribution in [0.4, 0.5) is 0 Å². The molecule has 0 unspecified atom stereocenters. The zero-order valence-electron chi connectivity index (χ0n) is 11.6. The maximum atomic E-state index is 10.9. The van der Waals surface area contributed by atoms with Crippen LogP contribution in [0.2, 0.25) is 0 Å². The molecule has 0 atom stereocenters. The van der Waals surface area contributed by atoms with Gasteiger partial charge in [-0.1, -0.05) is 27.7 Å². The van der Waals surface area contributed by atoms with Crippen LogP contribution in [-0.2, 0) is 10.0 Å². The van der Waals surface area contributed by atoms with E-state index in [1.165, 1.54) is 0 Å². The van der Waals surface area contributed by atoms with Crippen LogP contribution in [0.15, 0.2) is 0 Å². The number of primary sulfonamides is 1. The fourth-order valence-electron chi connectivity index (χ4n) is 2.17. The third-order valence-electron chi connectivity index (χ3n) is 2.93. The van der Waals surface area contributed by atoms with Crippen LogP contribution in [0.5, 0.6) is 0 Å². The first-order valence-electron chi connectivity index (χ1n) is 6.54. The lowest BCUT2D eigenvalue weighted by molar-refractivity contribution is 0.166. The van der Waals surface area contributed by atoms with E-state index in [0.717, 1.165) is 25.9 Å². The highest BCUT2D eigenvalue weighted by molar-refractivity contribution is 7.89. The predicted octanol–water partition coefficient (Wildman–Crippen LogP) is 1.81. The van der Waals surface area contributed by atoms with Crippen LogP contribution in [-0.4, -0.2) is 38.2 Å². The average Bonchev–Trinajstić information content (AvgIpc) is 2.16. The van der Waals surface area contributed by atoms with Crippen molar-refractivity contribution in [1.29, 1.82) is 0 Å². The largest absolute Gasteiger partial charge is 0.300 e. The predicted molar refractivity (Wildman–Crippen MR) is 73.4 cm³/mol. The van der Waals surface area contributed by atoms with E-state index >= 15 is 0 Å². The van der Waals surface area contributed by atoms with E-state index in [1.807, 2.05) is 0 Å². The second-order valence-electron chi connectivity index (χ2n) is 5.08. The van der Waals surface area contributed by atoms with Crippen molar-refractivity contribution < 1.29 is 8.42 Å². The SMILES string of the molecule is CCC(CC)N(CCCS(N)(=O)=O)CC(C)C. The van der Waals surface area contributed by atoms with Crippen molar-refractivity contribution in [2.75, 3.05) is 18.8 Å². The summed E-state index contributed by atoms with van der Waals surface area (Å²) in [4.78, 5) is 2.40. The monoisotopic (exact) mass is 264 g/mol. The Balaban J connectivity index is 4.28. The zero-order chi connectivity index (χ0) is 13.5. The number of hydrogen-bond acceptors (Lipinski definition) is 3. The third-order valence-corrected chi connectivity index (χ3v) is 3.79. The first-order chi connectivity index (χ1) is 7.80. The van der Waals surface area contributed by atoms with Crippen LogP contribution in [0.25, 0.3) is 0 Å². The molecule has 0 aromatic heterocycles. The smallest absolute Gasteiger partial charge is 0.209 e. The van der Waals surface area contributed by atoms with Crippen LogP contribution in [0.3, 0.4) is 0 Å². The number of rotatable bonds is 9. The minimum absolute atomic E-state index is 0.0851. The second kappa shape index (κ2) is 8.06. The molecule has 5 heteroatoms. The van der Waals surface area contributed by atoms with Crippen LogP contribution < -0.4 is 5.14 Å². The molecule has 0 saturated carbocycles. The highest BCUT2D eigenvalue weighted by Gasteiger charge is 2.16. The summed E-state index contributed by atoms with van der Waals surface area (Å²) in [7, 11) is -3.31. The summed E-state index contributed by atoms with van der Waals surface area (Å²) in [5, 5.41) is 5.02. The Kier molecular flexibility index (Phi) is 8.00. The molecule has 104 valence electrons. The Morgan fingerprint density at radius 2 is 1.71 bits per heavy atom. The lowest BCUT2D eigenvalue weighted by atomic mass is 10.1. The lowest BCUT2D eigenvalue weighted by Gasteiger charge is -2.31. The molecule has 0 heterocycles. The van der Waals surface area contributed by atoms with Gasteiger partial charge in [0.25, 0.3) is 0 Å². The fraction of sp³-hybridized carbons (Fsp3) is 1.00. The highest BCUT2D eigenvalue weighted by atomic mass is 32.2. The number of hydrogen-bond donors (Lipinski definition) is 1.